The number of hydrogen-bond donors (Lipinski definition) is 2. The number of carbonyl (C=O) groups excluding carboxylic acids is 1. The first-order chi connectivity index (χ1) is 15.5. The first kappa shape index (κ1) is 23.7. The number of amides is 1. The number of ether oxygens (including phenoxy) is 2. The van der Waals surface area contributed by atoms with E-state index in [1.165, 1.54) is 24.5 Å². The van der Waals surface area contributed by atoms with E-state index in [1.54, 1.807) is 12.4 Å². The molecule has 0 aliphatic rings. The summed E-state index contributed by atoms with van der Waals surface area (Å²) in [6, 6.07) is 2.42. The second-order valence-corrected chi connectivity index (χ2v) is 7.90. The van der Waals surface area contributed by atoms with Gasteiger partial charge in [0.25, 0.3) is 5.91 Å². The monoisotopic (exact) mass is 477 g/mol. The molecule has 2 N–H and O–H groups in total. The summed E-state index contributed by atoms with van der Waals surface area (Å²) in [5.41, 5.74) is 1.31. The second-order valence-electron chi connectivity index (χ2n) is 6.20. The molecule has 0 saturated carbocycles. The van der Waals surface area contributed by atoms with E-state index >= 15 is 0 Å². The standard InChI is InChI=1S/C19H22N6O5S2/c1-3-29-11-15(13-7-12(5-6-21-13)25-32(27)28)24-18(26)19-22-9-16(31-19)14-8-20-10-17(23-14)30-4-2/h5-10,15H,3-4,11H2,1-2H3,(H,21,25)(H,24,26)(H,27,28)/p-1/t15-/m1/s1. The zero-order chi connectivity index (χ0) is 22.9. The molecule has 0 radical (unpaired) electrons. The van der Waals surface area contributed by atoms with E-state index in [2.05, 4.69) is 30.0 Å². The van der Waals surface area contributed by atoms with Crippen LogP contribution in [0.2, 0.25) is 0 Å². The summed E-state index contributed by atoms with van der Waals surface area (Å²) < 4.78 is 34.9. The first-order valence-electron chi connectivity index (χ1n) is 9.61. The van der Waals surface area contributed by atoms with Gasteiger partial charge < -0.3 is 24.1 Å². The summed E-state index contributed by atoms with van der Waals surface area (Å²) in [4.78, 5) is 30.4. The molecular weight excluding hydrogens is 456 g/mol. The van der Waals surface area contributed by atoms with Crippen molar-refractivity contribution in [3.05, 3.63) is 47.6 Å². The van der Waals surface area contributed by atoms with Gasteiger partial charge in [-0.1, -0.05) is 0 Å². The number of rotatable bonds is 11. The minimum atomic E-state index is -2.48. The molecule has 2 atom stereocenters. The van der Waals surface area contributed by atoms with Gasteiger partial charge in [0.2, 0.25) is 5.88 Å². The largest absolute Gasteiger partial charge is 0.755 e. The Kier molecular flexibility index (Phi) is 8.56. The zero-order valence-corrected chi connectivity index (χ0v) is 18.9. The van der Waals surface area contributed by atoms with Crippen molar-refractivity contribution in [2.75, 3.05) is 24.5 Å². The van der Waals surface area contributed by atoms with Gasteiger partial charge >= 0.3 is 0 Å². The fourth-order valence-electron chi connectivity index (χ4n) is 2.64. The lowest BCUT2D eigenvalue weighted by molar-refractivity contribution is 0.0853. The summed E-state index contributed by atoms with van der Waals surface area (Å²) in [7, 11) is 0. The molecule has 0 fully saturated rings. The van der Waals surface area contributed by atoms with Crippen LogP contribution in [0.1, 0.15) is 35.4 Å². The van der Waals surface area contributed by atoms with Crippen LogP contribution in [0.15, 0.2) is 36.9 Å². The third-order valence-electron chi connectivity index (χ3n) is 3.99. The van der Waals surface area contributed by atoms with Crippen LogP contribution in [0.3, 0.4) is 0 Å². The summed E-state index contributed by atoms with van der Waals surface area (Å²) in [6.45, 7) is 4.73. The Morgan fingerprint density at radius 1 is 1.25 bits per heavy atom. The Morgan fingerprint density at radius 2 is 2.09 bits per heavy atom. The summed E-state index contributed by atoms with van der Waals surface area (Å²) in [6.07, 6.45) is 6.07. The molecule has 3 heterocycles. The zero-order valence-electron chi connectivity index (χ0n) is 17.3. The number of hydrogen-bond acceptors (Lipinski definition) is 10. The van der Waals surface area contributed by atoms with E-state index in [4.69, 9.17) is 9.47 Å². The minimum absolute atomic E-state index is 0.152. The predicted molar refractivity (Wildman–Crippen MR) is 118 cm³/mol. The van der Waals surface area contributed by atoms with Gasteiger partial charge in [-0.15, -0.1) is 11.3 Å². The van der Waals surface area contributed by atoms with Crippen molar-refractivity contribution in [3.8, 4) is 16.5 Å². The number of nitrogens with one attached hydrogen (secondary N) is 2. The van der Waals surface area contributed by atoms with Crippen LogP contribution in [-0.2, 0) is 16.0 Å². The molecule has 0 spiro atoms. The molecule has 3 rings (SSSR count). The predicted octanol–water partition coefficient (Wildman–Crippen LogP) is 2.11. The highest BCUT2D eigenvalue weighted by atomic mass is 32.2. The van der Waals surface area contributed by atoms with E-state index in [0.29, 0.717) is 41.0 Å². The summed E-state index contributed by atoms with van der Waals surface area (Å²) >= 11 is -1.32. The van der Waals surface area contributed by atoms with Gasteiger partial charge in [-0.25, -0.2) is 9.97 Å². The molecule has 170 valence electrons. The van der Waals surface area contributed by atoms with E-state index in [1.807, 2.05) is 13.8 Å². The molecule has 0 bridgehead atoms. The molecule has 32 heavy (non-hydrogen) atoms. The van der Waals surface area contributed by atoms with Gasteiger partial charge in [0.1, 0.15) is 5.69 Å². The highest BCUT2D eigenvalue weighted by Gasteiger charge is 2.20. The van der Waals surface area contributed by atoms with Gasteiger partial charge in [-0.3, -0.25) is 19.0 Å². The van der Waals surface area contributed by atoms with Crippen molar-refractivity contribution in [2.24, 2.45) is 0 Å². The Hall–Kier alpha value is -3.00. The quantitative estimate of drug-likeness (QED) is 0.396. The highest BCUT2D eigenvalue weighted by Crippen LogP contribution is 2.26. The molecular formula is C19H21N6O5S2-. The number of thiazole rings is 1. The fourth-order valence-corrected chi connectivity index (χ4v) is 3.73. The number of carbonyl (C=O) groups is 1. The third-order valence-corrected chi connectivity index (χ3v) is 5.41. The van der Waals surface area contributed by atoms with Crippen LogP contribution in [-0.4, -0.2) is 54.4 Å². The van der Waals surface area contributed by atoms with Crippen LogP contribution in [0.25, 0.3) is 10.6 Å². The Morgan fingerprint density at radius 3 is 2.84 bits per heavy atom. The van der Waals surface area contributed by atoms with Crippen molar-refractivity contribution in [3.63, 3.8) is 0 Å². The van der Waals surface area contributed by atoms with Crippen LogP contribution in [0.4, 0.5) is 5.69 Å². The first-order valence-corrected chi connectivity index (χ1v) is 11.5. The van der Waals surface area contributed by atoms with Crippen LogP contribution >= 0.6 is 11.3 Å². The van der Waals surface area contributed by atoms with Crippen molar-refractivity contribution >= 4 is 34.2 Å². The van der Waals surface area contributed by atoms with Gasteiger partial charge in [-0.05, 0) is 26.0 Å². The van der Waals surface area contributed by atoms with Crippen LogP contribution < -0.4 is 14.8 Å². The van der Waals surface area contributed by atoms with E-state index < -0.39 is 23.2 Å². The van der Waals surface area contributed by atoms with Crippen molar-refractivity contribution in [1.82, 2.24) is 25.3 Å². The smallest absolute Gasteiger partial charge is 0.280 e. The lowest BCUT2D eigenvalue weighted by Crippen LogP contribution is -2.32. The van der Waals surface area contributed by atoms with E-state index in [9.17, 15) is 13.6 Å². The molecule has 0 aliphatic heterocycles. The van der Waals surface area contributed by atoms with Gasteiger partial charge in [-0.2, -0.15) is 0 Å². The molecule has 1 unspecified atom stereocenters. The van der Waals surface area contributed by atoms with Crippen molar-refractivity contribution in [1.29, 1.82) is 0 Å². The normalized spacial score (nSPS) is 12.7. The summed E-state index contributed by atoms with van der Waals surface area (Å²) in [5.74, 6) is -0.0350. The minimum Gasteiger partial charge on any atom is -0.755 e. The van der Waals surface area contributed by atoms with Gasteiger partial charge in [0.15, 0.2) is 5.01 Å². The SMILES string of the molecule is CCOC[C@@H](NC(=O)c1ncc(-c2cncc(OCC)n2)s1)c1cc(NS(=O)[O-])ccn1. The molecule has 1 amide bonds. The van der Waals surface area contributed by atoms with Crippen LogP contribution in [0, 0.1) is 0 Å². The van der Waals surface area contributed by atoms with E-state index in [0.717, 1.165) is 11.3 Å². The van der Waals surface area contributed by atoms with Crippen molar-refractivity contribution < 1.29 is 23.0 Å². The number of nitrogens with zero attached hydrogens (tertiary/aromatic N) is 4. The maximum atomic E-state index is 12.8. The fraction of sp³-hybridized carbons (Fsp3) is 0.316. The average Bonchev–Trinajstić information content (AvgIpc) is 3.27. The molecule has 0 aromatic carbocycles. The Labute approximate surface area is 191 Å². The molecule has 0 aliphatic carbocycles. The molecule has 3 aromatic rings. The lowest BCUT2D eigenvalue weighted by atomic mass is 10.2. The summed E-state index contributed by atoms with van der Waals surface area (Å²) in [5, 5.41) is 3.06. The average molecular weight is 478 g/mol. The number of pyridine rings is 1. The Bertz CT molecular complexity index is 1080. The van der Waals surface area contributed by atoms with Crippen LogP contribution in [0.5, 0.6) is 5.88 Å². The maximum Gasteiger partial charge on any atom is 0.280 e. The second kappa shape index (κ2) is 11.6. The Balaban J connectivity index is 1.77. The number of anilines is 1. The topological polar surface area (TPSA) is 151 Å². The third kappa shape index (κ3) is 6.50. The van der Waals surface area contributed by atoms with Gasteiger partial charge in [0, 0.05) is 36.0 Å². The maximum absolute atomic E-state index is 12.8. The molecule has 11 nitrogen and oxygen atoms in total. The highest BCUT2D eigenvalue weighted by molar-refractivity contribution is 7.80. The van der Waals surface area contributed by atoms with E-state index in [-0.39, 0.29) is 11.6 Å². The molecule has 13 heteroatoms. The lowest BCUT2D eigenvalue weighted by Gasteiger charge is -2.18. The van der Waals surface area contributed by atoms with Crippen molar-refractivity contribution in [2.45, 2.75) is 19.9 Å². The van der Waals surface area contributed by atoms with Gasteiger partial charge in [0.05, 0.1) is 42.2 Å². The molecule has 0 saturated heterocycles. The number of aromatic nitrogens is 4. The molecule has 3 aromatic heterocycles.